The van der Waals surface area contributed by atoms with E-state index in [4.69, 9.17) is 24.3 Å². The van der Waals surface area contributed by atoms with Gasteiger partial charge in [0.15, 0.2) is 5.60 Å². The number of amides is 2. The second-order valence-corrected chi connectivity index (χ2v) is 11.3. The normalized spacial score (nSPS) is 19.8. The Bertz CT molecular complexity index is 1720. The van der Waals surface area contributed by atoms with Crippen molar-refractivity contribution in [2.75, 3.05) is 39.6 Å². The van der Waals surface area contributed by atoms with E-state index >= 15 is 4.39 Å². The summed E-state index contributed by atoms with van der Waals surface area (Å²) in [6.45, 7) is 4.67. The average Bonchev–Trinajstić information content (AvgIpc) is 3.38. The van der Waals surface area contributed by atoms with E-state index < -0.39 is 29.2 Å². The number of carbonyl (C=O) groups is 2. The molecule has 44 heavy (non-hydrogen) atoms. The minimum absolute atomic E-state index is 0.0163. The van der Waals surface area contributed by atoms with Crippen molar-refractivity contribution in [2.45, 2.75) is 57.9 Å². The van der Waals surface area contributed by atoms with Crippen molar-refractivity contribution < 1.29 is 38.4 Å². The van der Waals surface area contributed by atoms with Crippen LogP contribution in [0, 0.1) is 12.7 Å². The molecule has 0 saturated carbocycles. The molecule has 3 aromatic rings. The molecule has 4 heterocycles. The van der Waals surface area contributed by atoms with Gasteiger partial charge in [0.1, 0.15) is 12.4 Å². The van der Waals surface area contributed by atoms with Crippen molar-refractivity contribution in [2.24, 2.45) is 0 Å². The number of cyclic esters (lactones) is 1. The lowest BCUT2D eigenvalue weighted by Gasteiger charge is -2.31. The standard InChI is InChI=1S/C31H35FN4O8/c1-3-31(41)20-12-24-27-18(14-36(24)28(38)19(20)15-44-29(31)39)26-22(35-30(40)33-6-8-42-10-11-43-9-7-37)5-4-17-16(2)21(32)13-23(34-27)25(17)26/h12-13,22,37,41H,3-11,14-15H2,1-2H3,(H2,33,35,40)/t22-,31-/m0/s1. The molecule has 0 radical (unpaired) electrons. The number of nitrogens with one attached hydrogen (secondary N) is 2. The number of esters is 1. The molecule has 4 N–H and O–H groups in total. The Labute approximate surface area is 252 Å². The predicted octanol–water partition coefficient (Wildman–Crippen LogP) is 1.84. The van der Waals surface area contributed by atoms with Crippen LogP contribution in [0.1, 0.15) is 59.2 Å². The first kappa shape index (κ1) is 30.1. The third-order valence-electron chi connectivity index (χ3n) is 8.82. The number of hydrogen-bond acceptors (Lipinski definition) is 9. The third kappa shape index (κ3) is 4.93. The molecule has 2 atom stereocenters. The fourth-order valence-corrected chi connectivity index (χ4v) is 6.53. The average molecular weight is 611 g/mol. The Morgan fingerprint density at radius 3 is 2.70 bits per heavy atom. The van der Waals surface area contributed by atoms with Gasteiger partial charge in [-0.3, -0.25) is 4.79 Å². The number of benzene rings is 1. The minimum Gasteiger partial charge on any atom is -0.458 e. The van der Waals surface area contributed by atoms with E-state index in [1.807, 2.05) is 0 Å². The van der Waals surface area contributed by atoms with Gasteiger partial charge < -0.3 is 39.6 Å². The number of aromatic nitrogens is 2. The van der Waals surface area contributed by atoms with Crippen LogP contribution in [-0.4, -0.2) is 71.3 Å². The Morgan fingerprint density at radius 2 is 1.95 bits per heavy atom. The molecule has 2 aliphatic heterocycles. The van der Waals surface area contributed by atoms with Crippen molar-refractivity contribution in [3.8, 4) is 11.4 Å². The van der Waals surface area contributed by atoms with E-state index in [0.717, 1.165) is 22.1 Å². The molecule has 2 aromatic heterocycles. The van der Waals surface area contributed by atoms with Gasteiger partial charge in [0.25, 0.3) is 5.56 Å². The maximum atomic E-state index is 15.1. The highest BCUT2D eigenvalue weighted by Crippen LogP contribution is 2.45. The maximum absolute atomic E-state index is 15.1. The number of pyridine rings is 2. The zero-order valence-electron chi connectivity index (χ0n) is 24.6. The number of aliphatic hydroxyl groups is 2. The fraction of sp³-hybridized carbons (Fsp3) is 0.484. The molecule has 234 valence electrons. The van der Waals surface area contributed by atoms with Crippen molar-refractivity contribution in [3.63, 3.8) is 0 Å². The zero-order valence-corrected chi connectivity index (χ0v) is 24.6. The molecule has 3 aliphatic rings. The highest BCUT2D eigenvalue weighted by atomic mass is 19.1. The highest BCUT2D eigenvalue weighted by Gasteiger charge is 2.46. The summed E-state index contributed by atoms with van der Waals surface area (Å²) >= 11 is 0. The molecule has 2 amide bonds. The van der Waals surface area contributed by atoms with Crippen LogP contribution in [0.25, 0.3) is 22.3 Å². The first-order valence-corrected chi connectivity index (χ1v) is 14.8. The highest BCUT2D eigenvalue weighted by molar-refractivity contribution is 5.93. The van der Waals surface area contributed by atoms with E-state index in [-0.39, 0.29) is 62.9 Å². The summed E-state index contributed by atoms with van der Waals surface area (Å²) in [4.78, 5) is 44.1. The number of aliphatic hydroxyl groups excluding tert-OH is 1. The molecule has 12 nitrogen and oxygen atoms in total. The van der Waals surface area contributed by atoms with E-state index in [9.17, 15) is 19.5 Å². The summed E-state index contributed by atoms with van der Waals surface area (Å²) in [5.74, 6) is -1.20. The molecule has 1 aliphatic carbocycles. The first-order chi connectivity index (χ1) is 21.2. The number of halogens is 1. The summed E-state index contributed by atoms with van der Waals surface area (Å²) < 4.78 is 32.4. The number of nitrogens with zero attached hydrogens (tertiary/aromatic N) is 2. The van der Waals surface area contributed by atoms with Crippen LogP contribution < -0.4 is 16.2 Å². The number of hydrogen-bond donors (Lipinski definition) is 4. The third-order valence-corrected chi connectivity index (χ3v) is 8.82. The second kappa shape index (κ2) is 11.9. The predicted molar refractivity (Wildman–Crippen MR) is 156 cm³/mol. The molecule has 0 saturated heterocycles. The van der Waals surface area contributed by atoms with Gasteiger partial charge in [0, 0.05) is 29.1 Å². The SMILES string of the molecule is CC[C@@]1(O)C(=O)OCc2c1cc1n(c2=O)Cc2c-1nc1cc(F)c(C)c3c1c2[C@@H](NC(=O)NCCOCCOCCO)CC3. The van der Waals surface area contributed by atoms with E-state index in [1.165, 1.54) is 10.6 Å². The van der Waals surface area contributed by atoms with Crippen LogP contribution in [0.2, 0.25) is 0 Å². The number of ether oxygens (including phenoxy) is 3. The maximum Gasteiger partial charge on any atom is 0.343 e. The lowest BCUT2D eigenvalue weighted by molar-refractivity contribution is -0.172. The van der Waals surface area contributed by atoms with Crippen molar-refractivity contribution >= 4 is 22.9 Å². The minimum atomic E-state index is -1.97. The second-order valence-electron chi connectivity index (χ2n) is 11.3. The molecule has 1 aromatic carbocycles. The Balaban J connectivity index is 1.35. The Morgan fingerprint density at radius 1 is 1.18 bits per heavy atom. The lowest BCUT2D eigenvalue weighted by atomic mass is 9.81. The summed E-state index contributed by atoms with van der Waals surface area (Å²) in [5.41, 5.74) is 2.17. The molecule has 13 heteroatoms. The van der Waals surface area contributed by atoms with Crippen LogP contribution in [-0.2, 0) is 44.2 Å². The van der Waals surface area contributed by atoms with Gasteiger partial charge in [-0.15, -0.1) is 0 Å². The molecule has 0 unspecified atom stereocenters. The number of urea groups is 1. The van der Waals surface area contributed by atoms with Crippen molar-refractivity contribution in [1.29, 1.82) is 0 Å². The van der Waals surface area contributed by atoms with Gasteiger partial charge in [-0.25, -0.2) is 19.0 Å². The molecule has 0 spiro atoms. The summed E-state index contributed by atoms with van der Waals surface area (Å²) in [6.07, 6.45) is 1.05. The smallest absolute Gasteiger partial charge is 0.343 e. The van der Waals surface area contributed by atoms with Gasteiger partial charge in [-0.05, 0) is 48.9 Å². The number of rotatable bonds is 10. The monoisotopic (exact) mass is 610 g/mol. The van der Waals surface area contributed by atoms with Crippen LogP contribution in [0.5, 0.6) is 0 Å². The van der Waals surface area contributed by atoms with Crippen LogP contribution in [0.15, 0.2) is 16.9 Å². The summed E-state index contributed by atoms with van der Waals surface area (Å²) in [5, 5.41) is 26.6. The quantitative estimate of drug-likeness (QED) is 0.155. The van der Waals surface area contributed by atoms with Gasteiger partial charge >= 0.3 is 12.0 Å². The van der Waals surface area contributed by atoms with Crippen molar-refractivity contribution in [3.05, 3.63) is 61.7 Å². The zero-order chi connectivity index (χ0) is 31.2. The van der Waals surface area contributed by atoms with E-state index in [1.54, 1.807) is 19.9 Å². The number of aryl methyl sites for hydroxylation is 1. The molecule has 0 bridgehead atoms. The lowest BCUT2D eigenvalue weighted by Crippen LogP contribution is -2.44. The molecule has 0 fully saturated rings. The number of fused-ring (bicyclic) bond motifs is 5. The van der Waals surface area contributed by atoms with Crippen LogP contribution >= 0.6 is 0 Å². The molecular formula is C31H35FN4O8. The van der Waals surface area contributed by atoms with E-state index in [0.29, 0.717) is 48.5 Å². The van der Waals surface area contributed by atoms with Crippen LogP contribution in [0.4, 0.5) is 9.18 Å². The first-order valence-electron chi connectivity index (χ1n) is 14.8. The molecule has 6 rings (SSSR count). The largest absolute Gasteiger partial charge is 0.458 e. The molecular weight excluding hydrogens is 575 g/mol. The van der Waals surface area contributed by atoms with Gasteiger partial charge in [0.2, 0.25) is 0 Å². The van der Waals surface area contributed by atoms with Crippen LogP contribution in [0.3, 0.4) is 0 Å². The van der Waals surface area contributed by atoms with Gasteiger partial charge in [-0.1, -0.05) is 6.92 Å². The van der Waals surface area contributed by atoms with Gasteiger partial charge in [0.05, 0.1) is 68.1 Å². The van der Waals surface area contributed by atoms with Gasteiger partial charge in [-0.2, -0.15) is 0 Å². The number of carbonyl (C=O) groups excluding carboxylic acids is 2. The summed E-state index contributed by atoms with van der Waals surface area (Å²) in [6, 6.07) is 2.15. The Kier molecular flexibility index (Phi) is 8.14. The van der Waals surface area contributed by atoms with Crippen molar-refractivity contribution in [1.82, 2.24) is 20.2 Å². The fourth-order valence-electron chi connectivity index (χ4n) is 6.53. The van der Waals surface area contributed by atoms with E-state index in [2.05, 4.69) is 10.6 Å². The topological polar surface area (TPSA) is 161 Å². The summed E-state index contributed by atoms with van der Waals surface area (Å²) in [7, 11) is 0. The Hall–Kier alpha value is -3.91.